The van der Waals surface area contributed by atoms with Crippen molar-refractivity contribution in [2.45, 2.75) is 32.2 Å². The van der Waals surface area contributed by atoms with Gasteiger partial charge in [-0.1, -0.05) is 19.8 Å². The molecule has 1 aromatic rings. The van der Waals surface area contributed by atoms with E-state index in [0.29, 0.717) is 25.1 Å². The first-order chi connectivity index (χ1) is 10.0. The first kappa shape index (κ1) is 15.3. The van der Waals surface area contributed by atoms with Crippen LogP contribution < -0.4 is 5.56 Å². The van der Waals surface area contributed by atoms with Crippen molar-refractivity contribution in [2.75, 3.05) is 20.1 Å². The van der Waals surface area contributed by atoms with Crippen molar-refractivity contribution in [2.24, 2.45) is 0 Å². The number of nitrogens with one attached hydrogen (secondary N) is 1. The molecule has 1 atom stereocenters. The Labute approximate surface area is 123 Å². The van der Waals surface area contributed by atoms with Crippen molar-refractivity contribution >= 4 is 11.8 Å². The van der Waals surface area contributed by atoms with E-state index in [4.69, 9.17) is 0 Å². The number of hydrogen-bond donors (Lipinski definition) is 1. The molecule has 2 amide bonds. The standard InChI is InChI=1S/C15H21N3O3/c1-3-4-5-12-15(21)17(2)8-9-18(12)14(20)11-6-7-13(19)16-10-11/h6-7,10,12H,3-5,8-9H2,1-2H3,(H,16,19)/t12-/m0/s1. The van der Waals surface area contributed by atoms with Crippen LogP contribution in [0, 0.1) is 0 Å². The quantitative estimate of drug-likeness (QED) is 0.893. The normalized spacial score (nSPS) is 19.0. The Bertz CT molecular complexity index is 561. The molecular formula is C15H21N3O3. The van der Waals surface area contributed by atoms with E-state index in [2.05, 4.69) is 11.9 Å². The molecule has 0 aromatic carbocycles. The monoisotopic (exact) mass is 291 g/mol. The predicted molar refractivity (Wildman–Crippen MR) is 79.0 cm³/mol. The van der Waals surface area contributed by atoms with Crippen LogP contribution in [0.25, 0.3) is 0 Å². The Morgan fingerprint density at radius 1 is 1.33 bits per heavy atom. The summed E-state index contributed by atoms with van der Waals surface area (Å²) >= 11 is 0. The highest BCUT2D eigenvalue weighted by Crippen LogP contribution is 2.18. The minimum atomic E-state index is -0.400. The minimum absolute atomic E-state index is 0.00697. The van der Waals surface area contributed by atoms with Crippen LogP contribution in [0.2, 0.25) is 0 Å². The minimum Gasteiger partial charge on any atom is -0.342 e. The summed E-state index contributed by atoms with van der Waals surface area (Å²) in [6.07, 6.45) is 3.97. The molecule has 1 aliphatic heterocycles. The third-order valence-corrected chi connectivity index (χ3v) is 3.84. The lowest BCUT2D eigenvalue weighted by atomic mass is 10.0. The maximum atomic E-state index is 12.6. The van der Waals surface area contributed by atoms with Gasteiger partial charge in [0.1, 0.15) is 6.04 Å². The van der Waals surface area contributed by atoms with E-state index < -0.39 is 6.04 Å². The molecule has 1 aliphatic rings. The van der Waals surface area contributed by atoms with Gasteiger partial charge in [0.2, 0.25) is 11.5 Å². The Balaban J connectivity index is 2.21. The molecule has 6 nitrogen and oxygen atoms in total. The van der Waals surface area contributed by atoms with Gasteiger partial charge in [0, 0.05) is 32.4 Å². The summed E-state index contributed by atoms with van der Waals surface area (Å²) in [5.41, 5.74) is 0.164. The number of rotatable bonds is 4. The molecule has 1 fully saturated rings. The Kier molecular flexibility index (Phi) is 4.77. The number of carbonyl (C=O) groups excluding carboxylic acids is 2. The number of aromatic amines is 1. The summed E-state index contributed by atoms with van der Waals surface area (Å²) in [6.45, 7) is 3.12. The maximum Gasteiger partial charge on any atom is 0.256 e. The van der Waals surface area contributed by atoms with Crippen molar-refractivity contribution in [3.05, 3.63) is 34.2 Å². The Morgan fingerprint density at radius 3 is 2.71 bits per heavy atom. The lowest BCUT2D eigenvalue weighted by Gasteiger charge is -2.39. The predicted octanol–water partition coefficient (Wildman–Crippen LogP) is 0.848. The summed E-state index contributed by atoms with van der Waals surface area (Å²) < 4.78 is 0. The van der Waals surface area contributed by atoms with Gasteiger partial charge >= 0.3 is 0 Å². The van der Waals surface area contributed by atoms with Gasteiger partial charge in [-0.05, 0) is 12.5 Å². The summed E-state index contributed by atoms with van der Waals surface area (Å²) in [5.74, 6) is -0.207. The topological polar surface area (TPSA) is 73.5 Å². The highest BCUT2D eigenvalue weighted by molar-refractivity contribution is 5.97. The SMILES string of the molecule is CCCC[C@H]1C(=O)N(C)CCN1C(=O)c1ccc(=O)[nH]c1. The maximum absolute atomic E-state index is 12.6. The fourth-order valence-corrected chi connectivity index (χ4v) is 2.54. The average molecular weight is 291 g/mol. The molecule has 6 heteroatoms. The molecule has 1 aromatic heterocycles. The number of H-pyrrole nitrogens is 1. The molecule has 114 valence electrons. The highest BCUT2D eigenvalue weighted by Gasteiger charge is 2.35. The van der Waals surface area contributed by atoms with Crippen LogP contribution in [-0.2, 0) is 4.79 Å². The lowest BCUT2D eigenvalue weighted by Crippen LogP contribution is -2.57. The van der Waals surface area contributed by atoms with E-state index in [9.17, 15) is 14.4 Å². The zero-order chi connectivity index (χ0) is 15.4. The Morgan fingerprint density at radius 2 is 2.10 bits per heavy atom. The zero-order valence-corrected chi connectivity index (χ0v) is 12.5. The lowest BCUT2D eigenvalue weighted by molar-refractivity contribution is -0.138. The van der Waals surface area contributed by atoms with Crippen molar-refractivity contribution in [1.82, 2.24) is 14.8 Å². The summed E-state index contributed by atoms with van der Waals surface area (Å²) in [5, 5.41) is 0. The first-order valence-electron chi connectivity index (χ1n) is 7.29. The number of piperazine rings is 1. The molecule has 1 N–H and O–H groups in total. The molecule has 0 unspecified atom stereocenters. The van der Waals surface area contributed by atoms with Gasteiger partial charge in [-0.15, -0.1) is 0 Å². The van der Waals surface area contributed by atoms with Crippen molar-refractivity contribution < 1.29 is 9.59 Å². The van der Waals surface area contributed by atoms with Crippen LogP contribution in [0.4, 0.5) is 0 Å². The smallest absolute Gasteiger partial charge is 0.256 e. The van der Waals surface area contributed by atoms with Crippen molar-refractivity contribution in [1.29, 1.82) is 0 Å². The molecule has 0 spiro atoms. The molecule has 0 bridgehead atoms. The molecule has 0 saturated carbocycles. The van der Waals surface area contributed by atoms with Gasteiger partial charge in [-0.2, -0.15) is 0 Å². The van der Waals surface area contributed by atoms with Crippen LogP contribution in [0.15, 0.2) is 23.1 Å². The number of hydrogen-bond acceptors (Lipinski definition) is 3. The fraction of sp³-hybridized carbons (Fsp3) is 0.533. The largest absolute Gasteiger partial charge is 0.342 e. The number of amides is 2. The summed E-state index contributed by atoms with van der Waals surface area (Å²) in [6, 6.07) is 2.43. The van der Waals surface area contributed by atoms with E-state index in [0.717, 1.165) is 12.8 Å². The second-order valence-electron chi connectivity index (χ2n) is 5.36. The van der Waals surface area contributed by atoms with Gasteiger partial charge < -0.3 is 14.8 Å². The zero-order valence-electron chi connectivity index (χ0n) is 12.5. The second-order valence-corrected chi connectivity index (χ2v) is 5.36. The second kappa shape index (κ2) is 6.56. The molecule has 21 heavy (non-hydrogen) atoms. The van der Waals surface area contributed by atoms with Gasteiger partial charge in [0.25, 0.3) is 5.91 Å². The third kappa shape index (κ3) is 3.32. The van der Waals surface area contributed by atoms with E-state index in [-0.39, 0.29) is 17.4 Å². The summed E-state index contributed by atoms with van der Waals surface area (Å²) in [4.78, 5) is 41.8. The third-order valence-electron chi connectivity index (χ3n) is 3.84. The number of nitrogens with zero attached hydrogens (tertiary/aromatic N) is 2. The molecule has 2 rings (SSSR count). The number of aromatic nitrogens is 1. The first-order valence-corrected chi connectivity index (χ1v) is 7.29. The van der Waals surface area contributed by atoms with E-state index in [1.54, 1.807) is 16.8 Å². The average Bonchev–Trinajstić information content (AvgIpc) is 2.49. The number of unbranched alkanes of at least 4 members (excludes halogenated alkanes) is 1. The van der Waals surface area contributed by atoms with E-state index in [1.165, 1.54) is 18.3 Å². The van der Waals surface area contributed by atoms with Gasteiger partial charge in [0.15, 0.2) is 0 Å². The number of likely N-dealkylation sites (N-methyl/N-ethyl adjacent to an activating group) is 1. The fourth-order valence-electron chi connectivity index (χ4n) is 2.54. The van der Waals surface area contributed by atoms with Crippen LogP contribution in [0.1, 0.15) is 36.5 Å². The number of pyridine rings is 1. The molecule has 0 radical (unpaired) electrons. The van der Waals surface area contributed by atoms with Crippen LogP contribution in [0.3, 0.4) is 0 Å². The molecule has 1 saturated heterocycles. The molecular weight excluding hydrogens is 270 g/mol. The van der Waals surface area contributed by atoms with Crippen LogP contribution >= 0.6 is 0 Å². The van der Waals surface area contributed by atoms with Gasteiger partial charge in [0.05, 0.1) is 5.56 Å². The van der Waals surface area contributed by atoms with Gasteiger partial charge in [-0.3, -0.25) is 14.4 Å². The number of carbonyl (C=O) groups is 2. The van der Waals surface area contributed by atoms with Crippen LogP contribution in [-0.4, -0.2) is 52.8 Å². The molecule has 0 aliphatic carbocycles. The van der Waals surface area contributed by atoms with Crippen molar-refractivity contribution in [3.8, 4) is 0 Å². The summed E-state index contributed by atoms with van der Waals surface area (Å²) in [7, 11) is 1.77. The van der Waals surface area contributed by atoms with Crippen LogP contribution in [0.5, 0.6) is 0 Å². The highest BCUT2D eigenvalue weighted by atomic mass is 16.2. The van der Waals surface area contributed by atoms with Crippen molar-refractivity contribution in [3.63, 3.8) is 0 Å². The van der Waals surface area contributed by atoms with E-state index in [1.807, 2.05) is 0 Å². The van der Waals surface area contributed by atoms with E-state index >= 15 is 0 Å². The molecule has 2 heterocycles. The Hall–Kier alpha value is -2.11. The van der Waals surface area contributed by atoms with Gasteiger partial charge in [-0.25, -0.2) is 0 Å².